The molecule has 1 N–H and O–H groups in total. The van der Waals surface area contributed by atoms with Crippen molar-refractivity contribution in [2.75, 3.05) is 30.4 Å². The molecule has 0 aliphatic carbocycles. The standard InChI is InChI=1S/C17H22N4OS/c1-13-12-16(23-19-13)18-17(22)21-10-8-15(9-11-21)20(2)14-6-4-3-5-7-14/h3-7,12,15H,8-11H2,1-2H3,(H,18,22). The van der Waals surface area contributed by atoms with Crippen LogP contribution in [0.3, 0.4) is 0 Å². The Kier molecular flexibility index (Phi) is 4.81. The number of para-hydroxylation sites is 1. The molecular weight excluding hydrogens is 308 g/mol. The lowest BCUT2D eigenvalue weighted by Crippen LogP contribution is -2.47. The van der Waals surface area contributed by atoms with Crippen LogP contribution in [0.1, 0.15) is 18.5 Å². The minimum Gasteiger partial charge on any atom is -0.371 e. The Morgan fingerprint density at radius 1 is 1.30 bits per heavy atom. The van der Waals surface area contributed by atoms with Crippen LogP contribution in [-0.4, -0.2) is 41.5 Å². The van der Waals surface area contributed by atoms with Gasteiger partial charge in [-0.2, -0.15) is 4.37 Å². The smallest absolute Gasteiger partial charge is 0.322 e. The summed E-state index contributed by atoms with van der Waals surface area (Å²) in [4.78, 5) is 16.5. The number of piperidine rings is 1. The molecule has 2 heterocycles. The molecule has 2 amide bonds. The van der Waals surface area contributed by atoms with E-state index in [2.05, 4.69) is 45.9 Å². The second kappa shape index (κ2) is 7.00. The van der Waals surface area contributed by atoms with Gasteiger partial charge in [0.2, 0.25) is 0 Å². The monoisotopic (exact) mass is 330 g/mol. The summed E-state index contributed by atoms with van der Waals surface area (Å²) in [6.07, 6.45) is 1.97. The fraction of sp³-hybridized carbons (Fsp3) is 0.412. The Morgan fingerprint density at radius 2 is 2.00 bits per heavy atom. The van der Waals surface area contributed by atoms with Crippen LogP contribution >= 0.6 is 11.5 Å². The fourth-order valence-electron chi connectivity index (χ4n) is 2.94. The molecule has 0 atom stereocenters. The van der Waals surface area contributed by atoms with E-state index >= 15 is 0 Å². The van der Waals surface area contributed by atoms with Crippen LogP contribution in [-0.2, 0) is 0 Å². The average molecular weight is 330 g/mol. The van der Waals surface area contributed by atoms with E-state index in [9.17, 15) is 4.79 Å². The number of aromatic nitrogens is 1. The lowest BCUT2D eigenvalue weighted by Gasteiger charge is -2.37. The second-order valence-electron chi connectivity index (χ2n) is 5.93. The minimum atomic E-state index is -0.0190. The molecule has 0 saturated carbocycles. The highest BCUT2D eigenvalue weighted by Crippen LogP contribution is 2.23. The van der Waals surface area contributed by atoms with Gasteiger partial charge in [-0.3, -0.25) is 5.32 Å². The maximum atomic E-state index is 12.3. The molecule has 0 radical (unpaired) electrons. The first-order valence-corrected chi connectivity index (χ1v) is 8.68. The van der Waals surface area contributed by atoms with Gasteiger partial charge in [-0.05, 0) is 49.5 Å². The first-order chi connectivity index (χ1) is 11.1. The first kappa shape index (κ1) is 15.8. The third kappa shape index (κ3) is 3.82. The van der Waals surface area contributed by atoms with E-state index in [1.54, 1.807) is 0 Å². The Morgan fingerprint density at radius 3 is 2.61 bits per heavy atom. The van der Waals surface area contributed by atoms with Crippen molar-refractivity contribution < 1.29 is 4.79 Å². The number of nitrogens with one attached hydrogen (secondary N) is 1. The molecule has 0 spiro atoms. The minimum absolute atomic E-state index is 0.0190. The van der Waals surface area contributed by atoms with Crippen LogP contribution in [0.5, 0.6) is 0 Å². The number of rotatable bonds is 3. The Labute approximate surface area is 141 Å². The van der Waals surface area contributed by atoms with E-state index in [0.717, 1.165) is 36.6 Å². The van der Waals surface area contributed by atoms with Crippen molar-refractivity contribution in [3.63, 3.8) is 0 Å². The van der Waals surface area contributed by atoms with Gasteiger partial charge in [0.1, 0.15) is 5.00 Å². The van der Waals surface area contributed by atoms with Crippen molar-refractivity contribution in [1.82, 2.24) is 9.27 Å². The van der Waals surface area contributed by atoms with Gasteiger partial charge >= 0.3 is 6.03 Å². The van der Waals surface area contributed by atoms with Crippen LogP contribution in [0.15, 0.2) is 36.4 Å². The third-order valence-corrected chi connectivity index (χ3v) is 5.12. The van der Waals surface area contributed by atoms with Crippen molar-refractivity contribution in [2.45, 2.75) is 25.8 Å². The quantitative estimate of drug-likeness (QED) is 0.936. The van der Waals surface area contributed by atoms with Crippen LogP contribution in [0.4, 0.5) is 15.5 Å². The summed E-state index contributed by atoms with van der Waals surface area (Å²) in [7, 11) is 2.13. The van der Waals surface area contributed by atoms with Gasteiger partial charge in [-0.25, -0.2) is 4.79 Å². The van der Waals surface area contributed by atoms with E-state index in [1.165, 1.54) is 17.2 Å². The molecule has 3 rings (SSSR count). The van der Waals surface area contributed by atoms with Gasteiger partial charge in [0, 0.05) is 31.9 Å². The van der Waals surface area contributed by atoms with Gasteiger partial charge in [-0.1, -0.05) is 18.2 Å². The number of carbonyl (C=O) groups is 1. The van der Waals surface area contributed by atoms with E-state index in [1.807, 2.05) is 24.0 Å². The highest BCUT2D eigenvalue weighted by Gasteiger charge is 2.25. The Hall–Kier alpha value is -2.08. The molecule has 1 aromatic heterocycles. The SMILES string of the molecule is Cc1cc(NC(=O)N2CCC(N(C)c3ccccc3)CC2)sn1. The van der Waals surface area contributed by atoms with Gasteiger partial charge in [0.15, 0.2) is 0 Å². The van der Waals surface area contributed by atoms with Crippen molar-refractivity contribution in [2.24, 2.45) is 0 Å². The lowest BCUT2D eigenvalue weighted by molar-refractivity contribution is 0.194. The molecule has 1 saturated heterocycles. The summed E-state index contributed by atoms with van der Waals surface area (Å²) in [6, 6.07) is 12.8. The molecule has 2 aromatic rings. The molecular formula is C17H22N4OS. The number of anilines is 2. The molecule has 23 heavy (non-hydrogen) atoms. The molecule has 122 valence electrons. The summed E-state index contributed by atoms with van der Waals surface area (Å²) in [6.45, 7) is 3.49. The third-order valence-electron chi connectivity index (χ3n) is 4.32. The van der Waals surface area contributed by atoms with Crippen LogP contribution in [0.2, 0.25) is 0 Å². The normalized spacial score (nSPS) is 15.5. The average Bonchev–Trinajstić information content (AvgIpc) is 3.00. The number of nitrogens with zero attached hydrogens (tertiary/aromatic N) is 3. The Balaban J connectivity index is 1.53. The number of benzene rings is 1. The summed E-state index contributed by atoms with van der Waals surface area (Å²) in [5, 5.41) is 3.75. The molecule has 0 unspecified atom stereocenters. The predicted octanol–water partition coefficient (Wildman–Crippen LogP) is 3.58. The highest BCUT2D eigenvalue weighted by molar-refractivity contribution is 7.10. The number of likely N-dealkylation sites (tertiary alicyclic amines) is 1. The maximum absolute atomic E-state index is 12.3. The molecule has 1 aliphatic heterocycles. The second-order valence-corrected chi connectivity index (χ2v) is 6.73. The summed E-state index contributed by atoms with van der Waals surface area (Å²) >= 11 is 1.33. The number of urea groups is 1. The number of carbonyl (C=O) groups excluding carboxylic acids is 1. The lowest BCUT2D eigenvalue weighted by atomic mass is 10.0. The van der Waals surface area contributed by atoms with Gasteiger partial charge in [-0.15, -0.1) is 0 Å². The molecule has 6 heteroatoms. The molecule has 5 nitrogen and oxygen atoms in total. The molecule has 1 fully saturated rings. The van der Waals surface area contributed by atoms with Crippen molar-refractivity contribution in [3.05, 3.63) is 42.1 Å². The predicted molar refractivity (Wildman–Crippen MR) is 95.3 cm³/mol. The Bertz CT molecular complexity index is 650. The summed E-state index contributed by atoms with van der Waals surface area (Å²) < 4.78 is 4.19. The molecule has 1 aromatic carbocycles. The topological polar surface area (TPSA) is 48.5 Å². The van der Waals surface area contributed by atoms with Crippen molar-refractivity contribution in [3.8, 4) is 0 Å². The number of amides is 2. The van der Waals surface area contributed by atoms with E-state index in [4.69, 9.17) is 0 Å². The van der Waals surface area contributed by atoms with E-state index in [0.29, 0.717) is 6.04 Å². The van der Waals surface area contributed by atoms with Crippen molar-refractivity contribution >= 4 is 28.3 Å². The number of aryl methyl sites for hydroxylation is 1. The maximum Gasteiger partial charge on any atom is 0.322 e. The molecule has 0 bridgehead atoms. The fourth-order valence-corrected chi connectivity index (χ4v) is 3.59. The number of hydrogen-bond acceptors (Lipinski definition) is 4. The summed E-state index contributed by atoms with van der Waals surface area (Å²) in [5.41, 5.74) is 2.17. The first-order valence-electron chi connectivity index (χ1n) is 7.90. The van der Waals surface area contributed by atoms with Crippen LogP contribution in [0.25, 0.3) is 0 Å². The van der Waals surface area contributed by atoms with Crippen LogP contribution in [0, 0.1) is 6.92 Å². The zero-order valence-electron chi connectivity index (χ0n) is 13.5. The van der Waals surface area contributed by atoms with E-state index < -0.39 is 0 Å². The van der Waals surface area contributed by atoms with E-state index in [-0.39, 0.29) is 6.03 Å². The van der Waals surface area contributed by atoms with Crippen LogP contribution < -0.4 is 10.2 Å². The number of hydrogen-bond donors (Lipinski definition) is 1. The summed E-state index contributed by atoms with van der Waals surface area (Å²) in [5.74, 6) is 0. The van der Waals surface area contributed by atoms with Gasteiger partial charge in [0.05, 0.1) is 5.69 Å². The van der Waals surface area contributed by atoms with Gasteiger partial charge in [0.25, 0.3) is 0 Å². The van der Waals surface area contributed by atoms with Crippen molar-refractivity contribution in [1.29, 1.82) is 0 Å². The zero-order valence-corrected chi connectivity index (χ0v) is 14.3. The van der Waals surface area contributed by atoms with Gasteiger partial charge < -0.3 is 9.80 Å². The zero-order chi connectivity index (χ0) is 16.2. The highest BCUT2D eigenvalue weighted by atomic mass is 32.1. The molecule has 1 aliphatic rings. The largest absolute Gasteiger partial charge is 0.371 e.